The third-order valence-corrected chi connectivity index (χ3v) is 2.35. The molecule has 106 valence electrons. The Morgan fingerprint density at radius 1 is 0.905 bits per heavy atom. The molecule has 0 unspecified atom stereocenters. The van der Waals surface area contributed by atoms with Gasteiger partial charge in [0.15, 0.2) is 5.76 Å². The summed E-state index contributed by atoms with van der Waals surface area (Å²) in [5.41, 5.74) is 0.613. The van der Waals surface area contributed by atoms with Crippen LogP contribution in [-0.4, -0.2) is 22.3 Å². The summed E-state index contributed by atoms with van der Waals surface area (Å²) < 4.78 is 4.84. The largest absolute Gasteiger partial charge is 0.433 e. The van der Waals surface area contributed by atoms with E-state index in [1.54, 1.807) is 0 Å². The van der Waals surface area contributed by atoms with E-state index in [9.17, 15) is 20.2 Å². The van der Waals surface area contributed by atoms with E-state index in [1.807, 2.05) is 0 Å². The minimum absolute atomic E-state index is 0.0152. The van der Waals surface area contributed by atoms with Crippen molar-refractivity contribution in [1.82, 2.24) is 0 Å². The minimum Gasteiger partial charge on any atom is -0.400 e. The maximum absolute atomic E-state index is 10.5. The van der Waals surface area contributed by atoms with Crippen LogP contribution in [0.5, 0.6) is 0 Å². The molecular weight excluding hydrogens is 280 g/mol. The molecule has 1 aromatic carbocycles. The topological polar surface area (TPSA) is 124 Å². The zero-order valence-electron chi connectivity index (χ0n) is 10.4. The Kier molecular flexibility index (Phi) is 4.14. The second kappa shape index (κ2) is 6.19. The fourth-order valence-electron chi connectivity index (χ4n) is 1.38. The molecule has 1 heterocycles. The van der Waals surface area contributed by atoms with Crippen molar-refractivity contribution in [3.63, 3.8) is 0 Å². The summed E-state index contributed by atoms with van der Waals surface area (Å²) in [6.45, 7) is 0. The molecule has 0 radical (unpaired) electrons. The molecule has 0 aliphatic rings. The Morgan fingerprint density at radius 2 is 1.57 bits per heavy atom. The van der Waals surface area contributed by atoms with Crippen LogP contribution >= 0.6 is 0 Å². The molecule has 0 saturated heterocycles. The number of furan rings is 1. The first kappa shape index (κ1) is 14.1. The van der Waals surface area contributed by atoms with Crippen LogP contribution in [0.1, 0.15) is 11.3 Å². The smallest absolute Gasteiger partial charge is 0.400 e. The van der Waals surface area contributed by atoms with E-state index in [2.05, 4.69) is 10.2 Å². The molecule has 0 spiro atoms. The van der Waals surface area contributed by atoms with E-state index in [1.165, 1.54) is 48.8 Å². The quantitative estimate of drug-likeness (QED) is 0.475. The van der Waals surface area contributed by atoms with Crippen molar-refractivity contribution in [1.29, 1.82) is 0 Å². The van der Waals surface area contributed by atoms with Crippen LogP contribution in [0.2, 0.25) is 0 Å². The van der Waals surface area contributed by atoms with Gasteiger partial charge >= 0.3 is 5.88 Å². The van der Waals surface area contributed by atoms with Crippen LogP contribution in [0.4, 0.5) is 11.6 Å². The first-order valence-electron chi connectivity index (χ1n) is 5.61. The number of nitro benzene ring substituents is 1. The summed E-state index contributed by atoms with van der Waals surface area (Å²) in [6.07, 6.45) is 2.60. The van der Waals surface area contributed by atoms with Crippen molar-refractivity contribution >= 4 is 24.0 Å². The molecular formula is C12H8N4O5. The predicted molar refractivity (Wildman–Crippen MR) is 73.6 cm³/mol. The Hall–Kier alpha value is -3.36. The van der Waals surface area contributed by atoms with Crippen molar-refractivity contribution < 1.29 is 14.3 Å². The van der Waals surface area contributed by atoms with Crippen molar-refractivity contribution in [2.75, 3.05) is 0 Å². The number of benzene rings is 1. The highest BCUT2D eigenvalue weighted by Crippen LogP contribution is 2.14. The van der Waals surface area contributed by atoms with Crippen LogP contribution in [0, 0.1) is 20.2 Å². The number of hydrogen-bond donors (Lipinski definition) is 0. The molecule has 0 bridgehead atoms. The Balaban J connectivity index is 1.99. The van der Waals surface area contributed by atoms with Gasteiger partial charge in [0.05, 0.1) is 23.4 Å². The SMILES string of the molecule is O=[N+]([O-])c1ccc(/C=N/N=C/c2ccc([N+](=O)[O-])o2)cc1. The lowest BCUT2D eigenvalue weighted by Gasteiger charge is -1.91. The van der Waals surface area contributed by atoms with Crippen LogP contribution in [0.25, 0.3) is 0 Å². The summed E-state index contributed by atoms with van der Waals surface area (Å²) in [6, 6.07) is 8.34. The Morgan fingerprint density at radius 3 is 2.14 bits per heavy atom. The van der Waals surface area contributed by atoms with Gasteiger partial charge in [0.1, 0.15) is 4.92 Å². The fraction of sp³-hybridized carbons (Fsp3) is 0. The summed E-state index contributed by atoms with van der Waals surface area (Å²) in [5.74, 6) is -0.182. The van der Waals surface area contributed by atoms with Gasteiger partial charge in [0, 0.05) is 12.1 Å². The van der Waals surface area contributed by atoms with Crippen LogP contribution in [0.15, 0.2) is 51.0 Å². The molecule has 9 nitrogen and oxygen atoms in total. The molecule has 0 aliphatic carbocycles. The highest BCUT2D eigenvalue weighted by molar-refractivity contribution is 5.81. The molecule has 0 amide bonds. The lowest BCUT2D eigenvalue weighted by molar-refractivity contribution is -0.402. The summed E-state index contributed by atoms with van der Waals surface area (Å²) in [4.78, 5) is 19.7. The third kappa shape index (κ3) is 3.80. The highest BCUT2D eigenvalue weighted by atomic mass is 16.6. The number of non-ortho nitro benzene ring substituents is 1. The standard InChI is InChI=1S/C12H8N4O5/c17-15(18)10-3-1-9(2-4-10)7-13-14-8-11-5-6-12(21-11)16(19)20/h1-8H/b13-7+,14-8+. The number of nitro groups is 2. The van der Waals surface area contributed by atoms with E-state index in [0.717, 1.165) is 0 Å². The highest BCUT2D eigenvalue weighted by Gasteiger charge is 2.09. The van der Waals surface area contributed by atoms with Crippen molar-refractivity contribution in [2.45, 2.75) is 0 Å². The molecule has 0 atom stereocenters. The molecule has 0 N–H and O–H groups in total. The Labute approximate surface area is 117 Å². The third-order valence-electron chi connectivity index (χ3n) is 2.35. The molecule has 2 aromatic rings. The maximum atomic E-state index is 10.5. The molecule has 1 aromatic heterocycles. The molecule has 0 fully saturated rings. The van der Waals surface area contributed by atoms with E-state index in [0.29, 0.717) is 5.56 Å². The molecule has 0 saturated carbocycles. The van der Waals surface area contributed by atoms with Gasteiger partial charge in [-0.15, -0.1) is 0 Å². The zero-order valence-corrected chi connectivity index (χ0v) is 10.4. The van der Waals surface area contributed by atoms with Crippen LogP contribution in [0.3, 0.4) is 0 Å². The van der Waals surface area contributed by atoms with E-state index < -0.39 is 9.85 Å². The molecule has 2 rings (SSSR count). The number of rotatable bonds is 5. The van der Waals surface area contributed by atoms with E-state index in [-0.39, 0.29) is 17.3 Å². The average molecular weight is 288 g/mol. The summed E-state index contributed by atoms with van der Waals surface area (Å²) in [7, 11) is 0. The van der Waals surface area contributed by atoms with Gasteiger partial charge in [-0.2, -0.15) is 10.2 Å². The first-order valence-corrected chi connectivity index (χ1v) is 5.61. The van der Waals surface area contributed by atoms with E-state index in [4.69, 9.17) is 4.42 Å². The van der Waals surface area contributed by atoms with Crippen LogP contribution in [-0.2, 0) is 0 Å². The second-order valence-corrected chi connectivity index (χ2v) is 3.77. The maximum Gasteiger partial charge on any atom is 0.433 e. The van der Waals surface area contributed by atoms with Gasteiger partial charge < -0.3 is 4.42 Å². The lowest BCUT2D eigenvalue weighted by Crippen LogP contribution is -1.88. The minimum atomic E-state index is -0.655. The number of hydrogen-bond acceptors (Lipinski definition) is 7. The Bertz CT molecular complexity index is 718. The summed E-state index contributed by atoms with van der Waals surface area (Å²) in [5, 5.41) is 28.2. The molecule has 0 aliphatic heterocycles. The van der Waals surface area contributed by atoms with Gasteiger partial charge in [-0.3, -0.25) is 20.2 Å². The normalized spacial score (nSPS) is 11.2. The van der Waals surface area contributed by atoms with Gasteiger partial charge in [0.25, 0.3) is 5.69 Å². The zero-order chi connectivity index (χ0) is 15.2. The van der Waals surface area contributed by atoms with Crippen molar-refractivity contribution in [3.05, 3.63) is 68.0 Å². The van der Waals surface area contributed by atoms with Crippen molar-refractivity contribution in [3.8, 4) is 0 Å². The van der Waals surface area contributed by atoms with Crippen molar-refractivity contribution in [2.24, 2.45) is 10.2 Å². The fourth-order valence-corrected chi connectivity index (χ4v) is 1.38. The second-order valence-electron chi connectivity index (χ2n) is 3.77. The predicted octanol–water partition coefficient (Wildman–Crippen LogP) is 2.55. The first-order chi connectivity index (χ1) is 10.1. The molecule has 21 heavy (non-hydrogen) atoms. The van der Waals surface area contributed by atoms with Gasteiger partial charge in [-0.25, -0.2) is 0 Å². The average Bonchev–Trinajstić information content (AvgIpc) is 2.93. The van der Waals surface area contributed by atoms with E-state index >= 15 is 0 Å². The van der Waals surface area contributed by atoms with Crippen LogP contribution < -0.4 is 0 Å². The summed E-state index contributed by atoms with van der Waals surface area (Å²) >= 11 is 0. The monoisotopic (exact) mass is 288 g/mol. The van der Waals surface area contributed by atoms with Gasteiger partial charge in [-0.1, -0.05) is 0 Å². The van der Waals surface area contributed by atoms with Gasteiger partial charge in [0.2, 0.25) is 0 Å². The lowest BCUT2D eigenvalue weighted by atomic mass is 10.2. The van der Waals surface area contributed by atoms with Gasteiger partial charge in [-0.05, 0) is 23.8 Å². The molecule has 9 heteroatoms. The number of nitrogens with zero attached hydrogens (tertiary/aromatic N) is 4.